The summed E-state index contributed by atoms with van der Waals surface area (Å²) >= 11 is 0. The van der Waals surface area contributed by atoms with Crippen LogP contribution in [0.4, 0.5) is 11.4 Å². The van der Waals surface area contributed by atoms with E-state index in [1.807, 2.05) is 6.07 Å². The third kappa shape index (κ3) is 2.02. The van der Waals surface area contributed by atoms with Gasteiger partial charge in [0.05, 0.1) is 6.61 Å². The Morgan fingerprint density at radius 2 is 2.00 bits per heavy atom. The van der Waals surface area contributed by atoms with Crippen molar-refractivity contribution in [3.05, 3.63) is 59.2 Å². The van der Waals surface area contributed by atoms with Crippen LogP contribution in [0.5, 0.6) is 0 Å². The molecule has 0 spiro atoms. The van der Waals surface area contributed by atoms with Gasteiger partial charge in [-0.3, -0.25) is 0 Å². The Morgan fingerprint density at radius 3 is 2.74 bits per heavy atom. The lowest BCUT2D eigenvalue weighted by molar-refractivity contribution is 0.281. The number of aryl methyl sites for hydroxylation is 1. The molecule has 2 heteroatoms. The molecule has 0 amide bonds. The maximum atomic E-state index is 9.27. The Morgan fingerprint density at radius 1 is 1.21 bits per heavy atom. The first-order valence-electron chi connectivity index (χ1n) is 6.78. The number of para-hydroxylation sites is 1. The molecule has 0 radical (unpaired) electrons. The van der Waals surface area contributed by atoms with E-state index in [2.05, 4.69) is 55.1 Å². The average Bonchev–Trinajstić information content (AvgIpc) is 2.74. The SMILES string of the molecule is Cc1cc(N2c3ccccc3CC2C)ccc1CO. The van der Waals surface area contributed by atoms with Gasteiger partial charge in [-0.1, -0.05) is 24.3 Å². The quantitative estimate of drug-likeness (QED) is 0.884. The minimum Gasteiger partial charge on any atom is -0.392 e. The number of aliphatic hydroxyl groups excluding tert-OH is 1. The van der Waals surface area contributed by atoms with Crippen LogP contribution in [-0.2, 0) is 13.0 Å². The van der Waals surface area contributed by atoms with Crippen molar-refractivity contribution in [2.45, 2.75) is 32.9 Å². The molecule has 3 rings (SSSR count). The Bertz CT molecular complexity index is 606. The smallest absolute Gasteiger partial charge is 0.0684 e. The summed E-state index contributed by atoms with van der Waals surface area (Å²) in [5, 5.41) is 9.27. The fourth-order valence-corrected chi connectivity index (χ4v) is 2.97. The molecule has 1 unspecified atom stereocenters. The molecule has 19 heavy (non-hydrogen) atoms. The normalized spacial score (nSPS) is 17.6. The molecule has 2 aromatic rings. The Balaban J connectivity index is 2.05. The highest BCUT2D eigenvalue weighted by Gasteiger charge is 2.26. The molecule has 0 saturated carbocycles. The summed E-state index contributed by atoms with van der Waals surface area (Å²) in [4.78, 5) is 2.39. The Kier molecular flexibility index (Phi) is 3.03. The Labute approximate surface area is 114 Å². The zero-order valence-electron chi connectivity index (χ0n) is 11.4. The second kappa shape index (κ2) is 4.71. The van der Waals surface area contributed by atoms with Gasteiger partial charge in [-0.15, -0.1) is 0 Å². The van der Waals surface area contributed by atoms with Crippen LogP contribution in [0, 0.1) is 6.92 Å². The summed E-state index contributed by atoms with van der Waals surface area (Å²) in [6, 6.07) is 15.4. The number of fused-ring (bicyclic) bond motifs is 1. The summed E-state index contributed by atoms with van der Waals surface area (Å²) in [5.74, 6) is 0. The molecule has 1 atom stereocenters. The number of rotatable bonds is 2. The van der Waals surface area contributed by atoms with Gasteiger partial charge in [0.1, 0.15) is 0 Å². The molecule has 0 aromatic heterocycles. The van der Waals surface area contributed by atoms with E-state index in [1.54, 1.807) is 0 Å². The van der Waals surface area contributed by atoms with E-state index < -0.39 is 0 Å². The van der Waals surface area contributed by atoms with Gasteiger partial charge in [0.25, 0.3) is 0 Å². The Hall–Kier alpha value is -1.80. The topological polar surface area (TPSA) is 23.5 Å². The predicted molar refractivity (Wildman–Crippen MR) is 78.8 cm³/mol. The van der Waals surface area contributed by atoms with Gasteiger partial charge in [0.15, 0.2) is 0 Å². The highest BCUT2D eigenvalue weighted by atomic mass is 16.3. The number of hydrogen-bond acceptors (Lipinski definition) is 2. The first-order valence-corrected chi connectivity index (χ1v) is 6.78. The van der Waals surface area contributed by atoms with Crippen molar-refractivity contribution in [2.24, 2.45) is 0 Å². The van der Waals surface area contributed by atoms with Gasteiger partial charge in [-0.25, -0.2) is 0 Å². The van der Waals surface area contributed by atoms with Gasteiger partial charge in [-0.05, 0) is 55.2 Å². The fraction of sp³-hybridized carbons (Fsp3) is 0.294. The van der Waals surface area contributed by atoms with Crippen molar-refractivity contribution in [1.29, 1.82) is 0 Å². The first kappa shape index (κ1) is 12.2. The maximum Gasteiger partial charge on any atom is 0.0684 e. The molecule has 0 bridgehead atoms. The highest BCUT2D eigenvalue weighted by molar-refractivity contribution is 5.71. The van der Waals surface area contributed by atoms with Gasteiger partial charge >= 0.3 is 0 Å². The summed E-state index contributed by atoms with van der Waals surface area (Å²) < 4.78 is 0. The van der Waals surface area contributed by atoms with Crippen LogP contribution in [0.2, 0.25) is 0 Å². The van der Waals surface area contributed by atoms with Crippen LogP contribution in [-0.4, -0.2) is 11.1 Å². The summed E-state index contributed by atoms with van der Waals surface area (Å²) in [7, 11) is 0. The summed E-state index contributed by atoms with van der Waals surface area (Å²) in [5.41, 5.74) is 6.10. The van der Waals surface area contributed by atoms with E-state index in [0.29, 0.717) is 6.04 Å². The van der Waals surface area contributed by atoms with E-state index >= 15 is 0 Å². The molecule has 2 aromatic carbocycles. The van der Waals surface area contributed by atoms with Crippen molar-refractivity contribution in [3.8, 4) is 0 Å². The molecule has 1 N–H and O–H groups in total. The lowest BCUT2D eigenvalue weighted by Crippen LogP contribution is -2.23. The van der Waals surface area contributed by atoms with Crippen molar-refractivity contribution in [2.75, 3.05) is 4.90 Å². The van der Waals surface area contributed by atoms with Crippen molar-refractivity contribution in [3.63, 3.8) is 0 Å². The number of nitrogens with zero attached hydrogens (tertiary/aromatic N) is 1. The van der Waals surface area contributed by atoms with Crippen LogP contribution in [0.15, 0.2) is 42.5 Å². The van der Waals surface area contributed by atoms with Crippen LogP contribution in [0.3, 0.4) is 0 Å². The van der Waals surface area contributed by atoms with Gasteiger partial charge in [0, 0.05) is 17.4 Å². The maximum absolute atomic E-state index is 9.27. The van der Waals surface area contributed by atoms with Crippen LogP contribution in [0.1, 0.15) is 23.6 Å². The average molecular weight is 253 g/mol. The largest absolute Gasteiger partial charge is 0.392 e. The van der Waals surface area contributed by atoms with E-state index in [0.717, 1.165) is 17.5 Å². The van der Waals surface area contributed by atoms with E-state index in [4.69, 9.17) is 0 Å². The summed E-state index contributed by atoms with van der Waals surface area (Å²) in [6.07, 6.45) is 1.09. The van der Waals surface area contributed by atoms with E-state index in [-0.39, 0.29) is 6.61 Å². The van der Waals surface area contributed by atoms with Crippen LogP contribution < -0.4 is 4.90 Å². The fourth-order valence-electron chi connectivity index (χ4n) is 2.97. The van der Waals surface area contributed by atoms with Crippen LogP contribution >= 0.6 is 0 Å². The van der Waals surface area contributed by atoms with Crippen molar-refractivity contribution < 1.29 is 5.11 Å². The van der Waals surface area contributed by atoms with E-state index in [9.17, 15) is 5.11 Å². The third-order valence-corrected chi connectivity index (χ3v) is 3.98. The number of anilines is 2. The molecular formula is C17H19NO. The monoisotopic (exact) mass is 253 g/mol. The second-order valence-electron chi connectivity index (χ2n) is 5.32. The molecule has 98 valence electrons. The molecule has 1 aliphatic rings. The predicted octanol–water partition coefficient (Wildman–Crippen LogP) is 3.57. The minimum atomic E-state index is 0.109. The number of hydrogen-bond donors (Lipinski definition) is 1. The molecule has 1 heterocycles. The zero-order chi connectivity index (χ0) is 13.4. The summed E-state index contributed by atoms with van der Waals surface area (Å²) in [6.45, 7) is 4.43. The van der Waals surface area contributed by atoms with Gasteiger partial charge < -0.3 is 10.0 Å². The minimum absolute atomic E-state index is 0.109. The van der Waals surface area contributed by atoms with Crippen molar-refractivity contribution in [1.82, 2.24) is 0 Å². The van der Waals surface area contributed by atoms with Crippen molar-refractivity contribution >= 4 is 11.4 Å². The highest BCUT2D eigenvalue weighted by Crippen LogP contribution is 2.38. The molecule has 0 aliphatic carbocycles. The first-order chi connectivity index (χ1) is 9.20. The lowest BCUT2D eigenvalue weighted by Gasteiger charge is -2.26. The lowest BCUT2D eigenvalue weighted by atomic mass is 10.1. The second-order valence-corrected chi connectivity index (χ2v) is 5.32. The number of aliphatic hydroxyl groups is 1. The molecule has 0 saturated heterocycles. The molecule has 1 aliphatic heterocycles. The van der Waals surface area contributed by atoms with Gasteiger partial charge in [0.2, 0.25) is 0 Å². The van der Waals surface area contributed by atoms with E-state index in [1.165, 1.54) is 16.9 Å². The number of benzene rings is 2. The molecular weight excluding hydrogens is 234 g/mol. The molecule has 2 nitrogen and oxygen atoms in total. The third-order valence-electron chi connectivity index (χ3n) is 3.98. The molecule has 0 fully saturated rings. The van der Waals surface area contributed by atoms with Crippen LogP contribution in [0.25, 0.3) is 0 Å². The standard InChI is InChI=1S/C17H19NO/c1-12-9-16(8-7-15(12)11-19)18-13(2)10-14-5-3-4-6-17(14)18/h3-9,13,19H,10-11H2,1-2H3. The zero-order valence-corrected chi connectivity index (χ0v) is 11.4. The van der Waals surface area contributed by atoms with Gasteiger partial charge in [-0.2, -0.15) is 0 Å².